The molecule has 1 aromatic carbocycles. The summed E-state index contributed by atoms with van der Waals surface area (Å²) in [6.45, 7) is 6.02. The Morgan fingerprint density at radius 1 is 1.28 bits per heavy atom. The Bertz CT molecular complexity index is 672. The van der Waals surface area contributed by atoms with Crippen LogP contribution in [0.3, 0.4) is 0 Å². The minimum atomic E-state index is -3.44. The second-order valence-corrected chi connectivity index (χ2v) is 8.24. The van der Waals surface area contributed by atoms with Crippen LogP contribution in [0.15, 0.2) is 24.3 Å². The number of hydrogen-bond acceptors (Lipinski definition) is 5. The first-order valence-electron chi connectivity index (χ1n) is 8.42. The number of nitrogens with one attached hydrogen (secondary N) is 1. The van der Waals surface area contributed by atoms with Gasteiger partial charge in [-0.15, -0.1) is 0 Å². The molecule has 1 fully saturated rings. The Morgan fingerprint density at radius 2 is 1.96 bits per heavy atom. The van der Waals surface area contributed by atoms with Crippen LogP contribution in [0, 0.1) is 6.92 Å². The number of sulfonamides is 1. The van der Waals surface area contributed by atoms with E-state index in [0.29, 0.717) is 32.8 Å². The van der Waals surface area contributed by atoms with E-state index in [2.05, 4.69) is 10.2 Å². The van der Waals surface area contributed by atoms with Crippen LogP contribution in [0.25, 0.3) is 0 Å². The van der Waals surface area contributed by atoms with Crippen LogP contribution in [0.2, 0.25) is 0 Å². The van der Waals surface area contributed by atoms with Crippen LogP contribution in [0.5, 0.6) is 0 Å². The fourth-order valence-corrected chi connectivity index (χ4v) is 3.42. The number of aryl methyl sites for hydroxylation is 1. The first kappa shape index (κ1) is 19.8. The quantitative estimate of drug-likeness (QED) is 0.708. The molecule has 1 N–H and O–H groups in total. The molecule has 0 bridgehead atoms. The van der Waals surface area contributed by atoms with Crippen molar-refractivity contribution in [3.8, 4) is 0 Å². The highest BCUT2D eigenvalue weighted by molar-refractivity contribution is 7.88. The fraction of sp³-hybridized carbons (Fsp3) is 0.588. The lowest BCUT2D eigenvalue weighted by Gasteiger charge is -2.29. The molecule has 0 saturated carbocycles. The van der Waals surface area contributed by atoms with E-state index in [-0.39, 0.29) is 12.5 Å². The summed E-state index contributed by atoms with van der Waals surface area (Å²) in [7, 11) is -3.44. The van der Waals surface area contributed by atoms with Crippen molar-refractivity contribution in [3.63, 3.8) is 0 Å². The summed E-state index contributed by atoms with van der Waals surface area (Å²) < 4.78 is 30.5. The molecule has 0 aliphatic carbocycles. The lowest BCUT2D eigenvalue weighted by Crippen LogP contribution is -2.45. The van der Waals surface area contributed by atoms with Gasteiger partial charge >= 0.3 is 0 Å². The third kappa shape index (κ3) is 6.74. The molecule has 1 aromatic rings. The highest BCUT2D eigenvalue weighted by atomic mass is 32.2. The zero-order chi connectivity index (χ0) is 18.3. The van der Waals surface area contributed by atoms with Crippen molar-refractivity contribution in [2.24, 2.45) is 0 Å². The summed E-state index contributed by atoms with van der Waals surface area (Å²) in [5.74, 6) is -0.296. The van der Waals surface area contributed by atoms with E-state index in [1.165, 1.54) is 4.31 Å². The van der Waals surface area contributed by atoms with Crippen LogP contribution in [0.4, 0.5) is 0 Å². The van der Waals surface area contributed by atoms with Gasteiger partial charge in [-0.3, -0.25) is 9.69 Å². The number of ether oxygens (including phenoxy) is 1. The fourth-order valence-electron chi connectivity index (χ4n) is 2.66. The normalized spacial score (nSPS) is 16.1. The van der Waals surface area contributed by atoms with Gasteiger partial charge < -0.3 is 10.1 Å². The van der Waals surface area contributed by atoms with Crippen molar-refractivity contribution in [1.82, 2.24) is 14.5 Å². The standard InChI is InChI=1S/C17H27N3O4S/c1-15-5-3-4-6-16(15)13-18-17(21)14-20(25(2,22)23)8-7-19-9-11-24-12-10-19/h3-6H,7-14H2,1-2H3,(H,18,21). The lowest BCUT2D eigenvalue weighted by molar-refractivity contribution is -0.121. The highest BCUT2D eigenvalue weighted by Gasteiger charge is 2.21. The molecule has 0 atom stereocenters. The van der Waals surface area contributed by atoms with Gasteiger partial charge in [-0.05, 0) is 18.1 Å². The molecule has 1 aliphatic rings. The van der Waals surface area contributed by atoms with Gasteiger partial charge in [0.2, 0.25) is 15.9 Å². The minimum Gasteiger partial charge on any atom is -0.379 e. The van der Waals surface area contributed by atoms with Gasteiger partial charge in [-0.1, -0.05) is 24.3 Å². The summed E-state index contributed by atoms with van der Waals surface area (Å²) in [6.07, 6.45) is 1.14. The van der Waals surface area contributed by atoms with E-state index < -0.39 is 10.0 Å². The summed E-state index contributed by atoms with van der Waals surface area (Å²) in [5, 5.41) is 2.80. The van der Waals surface area contributed by atoms with Crippen molar-refractivity contribution in [1.29, 1.82) is 0 Å². The number of morpholine rings is 1. The average molecular weight is 369 g/mol. The minimum absolute atomic E-state index is 0.158. The summed E-state index contributed by atoms with van der Waals surface area (Å²) in [6, 6.07) is 7.78. The number of carbonyl (C=O) groups excluding carboxylic acids is 1. The molecule has 0 aromatic heterocycles. The summed E-state index contributed by atoms with van der Waals surface area (Å²) in [4.78, 5) is 14.3. The molecule has 8 heteroatoms. The van der Waals surface area contributed by atoms with Crippen molar-refractivity contribution < 1.29 is 17.9 Å². The Labute approximate surface area is 150 Å². The van der Waals surface area contributed by atoms with Gasteiger partial charge in [0.15, 0.2) is 0 Å². The largest absolute Gasteiger partial charge is 0.379 e. The lowest BCUT2D eigenvalue weighted by atomic mass is 10.1. The first-order valence-corrected chi connectivity index (χ1v) is 10.3. The molecule has 0 radical (unpaired) electrons. The van der Waals surface area contributed by atoms with E-state index in [0.717, 1.165) is 30.5 Å². The SMILES string of the molecule is Cc1ccccc1CNC(=O)CN(CCN1CCOCC1)S(C)(=O)=O. The monoisotopic (exact) mass is 369 g/mol. The number of amides is 1. The molecular formula is C17H27N3O4S. The number of nitrogens with zero attached hydrogens (tertiary/aromatic N) is 2. The predicted octanol–water partition coefficient (Wildman–Crippen LogP) is 0.205. The van der Waals surface area contributed by atoms with Gasteiger partial charge in [0, 0.05) is 32.7 Å². The molecule has 1 saturated heterocycles. The van der Waals surface area contributed by atoms with E-state index in [1.807, 2.05) is 31.2 Å². The zero-order valence-electron chi connectivity index (χ0n) is 14.9. The van der Waals surface area contributed by atoms with Crippen LogP contribution < -0.4 is 5.32 Å². The van der Waals surface area contributed by atoms with Crippen LogP contribution in [-0.2, 0) is 26.1 Å². The molecule has 140 valence electrons. The molecule has 25 heavy (non-hydrogen) atoms. The number of rotatable bonds is 8. The van der Waals surface area contributed by atoms with Crippen LogP contribution in [0.1, 0.15) is 11.1 Å². The van der Waals surface area contributed by atoms with E-state index in [9.17, 15) is 13.2 Å². The molecule has 7 nitrogen and oxygen atoms in total. The van der Waals surface area contributed by atoms with Gasteiger partial charge in [-0.2, -0.15) is 4.31 Å². The Kier molecular flexibility index (Phi) is 7.37. The van der Waals surface area contributed by atoms with Gasteiger partial charge in [-0.25, -0.2) is 8.42 Å². The van der Waals surface area contributed by atoms with Gasteiger partial charge in [0.05, 0.1) is 26.0 Å². The number of carbonyl (C=O) groups is 1. The van der Waals surface area contributed by atoms with Crippen LogP contribution >= 0.6 is 0 Å². The maximum absolute atomic E-state index is 12.2. The third-order valence-electron chi connectivity index (χ3n) is 4.30. The summed E-state index contributed by atoms with van der Waals surface area (Å²) in [5.41, 5.74) is 2.12. The highest BCUT2D eigenvalue weighted by Crippen LogP contribution is 2.06. The Morgan fingerprint density at radius 3 is 2.60 bits per heavy atom. The molecule has 1 heterocycles. The average Bonchev–Trinajstić information content (AvgIpc) is 2.58. The van der Waals surface area contributed by atoms with Crippen molar-refractivity contribution >= 4 is 15.9 Å². The number of benzene rings is 1. The Hall–Kier alpha value is -1.48. The topological polar surface area (TPSA) is 79.0 Å². The van der Waals surface area contributed by atoms with E-state index in [1.54, 1.807) is 0 Å². The first-order chi connectivity index (χ1) is 11.9. The predicted molar refractivity (Wildman–Crippen MR) is 96.7 cm³/mol. The third-order valence-corrected chi connectivity index (χ3v) is 5.55. The van der Waals surface area contributed by atoms with E-state index in [4.69, 9.17) is 4.74 Å². The second-order valence-electron chi connectivity index (χ2n) is 6.25. The second kappa shape index (κ2) is 9.28. The molecule has 0 spiro atoms. The molecule has 2 rings (SSSR count). The smallest absolute Gasteiger partial charge is 0.235 e. The van der Waals surface area contributed by atoms with Crippen molar-refractivity contribution in [3.05, 3.63) is 35.4 Å². The maximum atomic E-state index is 12.2. The maximum Gasteiger partial charge on any atom is 0.235 e. The van der Waals surface area contributed by atoms with E-state index >= 15 is 0 Å². The molecule has 1 aliphatic heterocycles. The molecular weight excluding hydrogens is 342 g/mol. The van der Waals surface area contributed by atoms with Crippen molar-refractivity contribution in [2.75, 3.05) is 52.2 Å². The summed E-state index contributed by atoms with van der Waals surface area (Å²) >= 11 is 0. The zero-order valence-corrected chi connectivity index (χ0v) is 15.7. The van der Waals surface area contributed by atoms with Gasteiger partial charge in [0.1, 0.15) is 0 Å². The van der Waals surface area contributed by atoms with Crippen molar-refractivity contribution in [2.45, 2.75) is 13.5 Å². The number of hydrogen-bond donors (Lipinski definition) is 1. The Balaban J connectivity index is 1.85. The molecule has 1 amide bonds. The molecule has 0 unspecified atom stereocenters. The van der Waals surface area contributed by atoms with Gasteiger partial charge in [0.25, 0.3) is 0 Å². The van der Waals surface area contributed by atoms with Crippen LogP contribution in [-0.4, -0.2) is 75.7 Å².